The van der Waals surface area contributed by atoms with Crippen LogP contribution in [0.1, 0.15) is 15.9 Å². The molecule has 0 aliphatic carbocycles. The molecule has 9 heteroatoms. The largest absolute Gasteiger partial charge is 0.493 e. The van der Waals surface area contributed by atoms with Crippen molar-refractivity contribution in [1.29, 1.82) is 0 Å². The van der Waals surface area contributed by atoms with E-state index in [1.54, 1.807) is 12.1 Å². The highest BCUT2D eigenvalue weighted by atomic mass is 79.9. The third-order valence-corrected chi connectivity index (χ3v) is 4.05. The topological polar surface area (TPSA) is 105 Å². The molecule has 0 bridgehead atoms. The van der Waals surface area contributed by atoms with Crippen molar-refractivity contribution in [3.05, 3.63) is 68.2 Å². The van der Waals surface area contributed by atoms with Crippen molar-refractivity contribution in [3.8, 4) is 11.5 Å². The van der Waals surface area contributed by atoms with Gasteiger partial charge in [-0.2, -0.15) is 0 Å². The molecule has 2 aromatic carbocycles. The van der Waals surface area contributed by atoms with E-state index >= 15 is 0 Å². The zero-order valence-corrected chi connectivity index (χ0v) is 15.9. The highest BCUT2D eigenvalue weighted by molar-refractivity contribution is 9.10. The molecule has 0 aliphatic rings. The van der Waals surface area contributed by atoms with Crippen molar-refractivity contribution in [2.75, 3.05) is 14.2 Å². The lowest BCUT2D eigenvalue weighted by Gasteiger charge is -2.10. The minimum Gasteiger partial charge on any atom is -0.493 e. The summed E-state index contributed by atoms with van der Waals surface area (Å²) in [6.07, 6.45) is 2.75. The Bertz CT molecular complexity index is 924. The first-order valence-corrected chi connectivity index (χ1v) is 8.25. The number of esters is 2. The Morgan fingerprint density at radius 2 is 1.85 bits per heavy atom. The fourth-order valence-corrected chi connectivity index (χ4v) is 2.43. The summed E-state index contributed by atoms with van der Waals surface area (Å²) in [4.78, 5) is 33.8. The third kappa shape index (κ3) is 5.14. The molecule has 0 saturated carbocycles. The van der Waals surface area contributed by atoms with Crippen LogP contribution in [0.15, 0.2) is 46.9 Å². The lowest BCUT2D eigenvalue weighted by molar-refractivity contribution is -0.385. The number of methoxy groups -OCH3 is 2. The minimum atomic E-state index is -0.776. The summed E-state index contributed by atoms with van der Waals surface area (Å²) in [5.74, 6) is -0.909. The molecule has 0 N–H and O–H groups in total. The highest BCUT2D eigenvalue weighted by Gasteiger charge is 2.18. The minimum absolute atomic E-state index is 0.0154. The predicted octanol–water partition coefficient (Wildman–Crippen LogP) is 3.77. The molecule has 0 saturated heterocycles. The summed E-state index contributed by atoms with van der Waals surface area (Å²) in [5, 5.41) is 11.0. The number of nitro benzene ring substituents is 1. The molecular weight excluding hydrogens is 422 g/mol. The van der Waals surface area contributed by atoms with Crippen LogP contribution in [0.25, 0.3) is 6.08 Å². The van der Waals surface area contributed by atoms with Gasteiger partial charge in [0.25, 0.3) is 5.69 Å². The Morgan fingerprint density at radius 3 is 2.48 bits per heavy atom. The van der Waals surface area contributed by atoms with Gasteiger partial charge in [-0.3, -0.25) is 10.1 Å². The molecule has 140 valence electrons. The van der Waals surface area contributed by atoms with E-state index in [-0.39, 0.29) is 27.2 Å². The molecule has 0 amide bonds. The van der Waals surface area contributed by atoms with Gasteiger partial charge in [0.15, 0.2) is 11.5 Å². The number of hydrogen-bond donors (Lipinski definition) is 0. The standard InChI is InChI=1S/C18H14BrNO7/c1-25-16-9-11(4-8-17(21)26-2)3-7-15(16)27-18(22)12-5-6-13(19)14(10-12)20(23)24/h3-10H,1-2H3/b8-4+. The fourth-order valence-electron chi connectivity index (χ4n) is 2.04. The van der Waals surface area contributed by atoms with Gasteiger partial charge in [0, 0.05) is 12.1 Å². The summed E-state index contributed by atoms with van der Waals surface area (Å²) in [6.45, 7) is 0. The van der Waals surface area contributed by atoms with E-state index in [0.717, 1.165) is 6.07 Å². The Balaban J connectivity index is 2.25. The molecule has 0 aliphatic heterocycles. The maximum Gasteiger partial charge on any atom is 0.343 e. The monoisotopic (exact) mass is 435 g/mol. The first-order valence-electron chi connectivity index (χ1n) is 7.46. The van der Waals surface area contributed by atoms with Crippen LogP contribution in [-0.2, 0) is 9.53 Å². The molecule has 27 heavy (non-hydrogen) atoms. The predicted molar refractivity (Wildman–Crippen MR) is 99.8 cm³/mol. The fraction of sp³-hybridized carbons (Fsp3) is 0.111. The van der Waals surface area contributed by atoms with Crippen LogP contribution in [0.4, 0.5) is 5.69 Å². The Labute approximate surface area is 162 Å². The molecule has 0 aromatic heterocycles. The SMILES string of the molecule is COC(=O)/C=C/c1ccc(OC(=O)c2ccc(Br)c([N+](=O)[O-])c2)c(OC)c1. The van der Waals surface area contributed by atoms with Gasteiger partial charge < -0.3 is 14.2 Å². The van der Waals surface area contributed by atoms with Gasteiger partial charge in [-0.15, -0.1) is 0 Å². The first kappa shape index (κ1) is 20.1. The summed E-state index contributed by atoms with van der Waals surface area (Å²) in [6, 6.07) is 8.57. The number of carbonyl (C=O) groups excluding carboxylic acids is 2. The van der Waals surface area contributed by atoms with Gasteiger partial charge in [0.1, 0.15) is 0 Å². The number of rotatable bonds is 6. The molecule has 0 fully saturated rings. The van der Waals surface area contributed by atoms with E-state index in [9.17, 15) is 19.7 Å². The van der Waals surface area contributed by atoms with Gasteiger partial charge in [-0.05, 0) is 51.8 Å². The number of halogens is 1. The van der Waals surface area contributed by atoms with Gasteiger partial charge >= 0.3 is 11.9 Å². The third-order valence-electron chi connectivity index (χ3n) is 3.38. The number of benzene rings is 2. The van der Waals surface area contributed by atoms with E-state index in [1.807, 2.05) is 0 Å². The average Bonchev–Trinajstić information content (AvgIpc) is 2.66. The molecule has 0 atom stereocenters. The van der Waals surface area contributed by atoms with E-state index in [4.69, 9.17) is 9.47 Å². The van der Waals surface area contributed by atoms with E-state index < -0.39 is 16.9 Å². The zero-order valence-electron chi connectivity index (χ0n) is 14.3. The second-order valence-corrected chi connectivity index (χ2v) is 5.93. The first-order chi connectivity index (χ1) is 12.8. The van der Waals surface area contributed by atoms with Crippen molar-refractivity contribution in [3.63, 3.8) is 0 Å². The van der Waals surface area contributed by atoms with Crippen molar-refractivity contribution in [2.24, 2.45) is 0 Å². The van der Waals surface area contributed by atoms with Gasteiger partial charge in [0.05, 0.1) is 29.2 Å². The Hall–Kier alpha value is -3.20. The maximum atomic E-state index is 12.3. The van der Waals surface area contributed by atoms with Crippen LogP contribution < -0.4 is 9.47 Å². The second kappa shape index (κ2) is 8.95. The van der Waals surface area contributed by atoms with Crippen LogP contribution in [0.3, 0.4) is 0 Å². The van der Waals surface area contributed by atoms with Crippen LogP contribution in [0.2, 0.25) is 0 Å². The lowest BCUT2D eigenvalue weighted by atomic mass is 10.2. The molecular formula is C18H14BrNO7. The number of ether oxygens (including phenoxy) is 3. The summed E-state index contributed by atoms with van der Waals surface area (Å²) < 4.78 is 15.2. The van der Waals surface area contributed by atoms with Gasteiger partial charge in [-0.1, -0.05) is 6.07 Å². The molecule has 0 spiro atoms. The van der Waals surface area contributed by atoms with Crippen LogP contribution in [-0.4, -0.2) is 31.1 Å². The van der Waals surface area contributed by atoms with E-state index in [1.165, 1.54) is 44.6 Å². The van der Waals surface area contributed by atoms with Crippen molar-refractivity contribution < 1.29 is 28.7 Å². The number of carbonyl (C=O) groups is 2. The quantitative estimate of drug-likeness (QED) is 0.223. The Morgan fingerprint density at radius 1 is 1.11 bits per heavy atom. The van der Waals surface area contributed by atoms with Crippen molar-refractivity contribution >= 4 is 39.6 Å². The molecule has 0 radical (unpaired) electrons. The normalized spacial score (nSPS) is 10.5. The Kier molecular flexibility index (Phi) is 6.67. The van der Waals surface area contributed by atoms with E-state index in [0.29, 0.717) is 5.56 Å². The van der Waals surface area contributed by atoms with Crippen molar-refractivity contribution in [2.45, 2.75) is 0 Å². The molecule has 8 nitrogen and oxygen atoms in total. The molecule has 2 aromatic rings. The molecule has 0 unspecified atom stereocenters. The smallest absolute Gasteiger partial charge is 0.343 e. The summed E-state index contributed by atoms with van der Waals surface area (Å²) in [7, 11) is 2.66. The van der Waals surface area contributed by atoms with Gasteiger partial charge in [-0.25, -0.2) is 9.59 Å². The highest BCUT2D eigenvalue weighted by Crippen LogP contribution is 2.30. The van der Waals surface area contributed by atoms with Crippen LogP contribution >= 0.6 is 15.9 Å². The maximum absolute atomic E-state index is 12.3. The van der Waals surface area contributed by atoms with Gasteiger partial charge in [0.2, 0.25) is 0 Å². The summed E-state index contributed by atoms with van der Waals surface area (Å²) >= 11 is 3.05. The molecule has 0 heterocycles. The van der Waals surface area contributed by atoms with Crippen LogP contribution in [0.5, 0.6) is 11.5 Å². The zero-order chi connectivity index (χ0) is 20.0. The average molecular weight is 436 g/mol. The number of hydrogen-bond acceptors (Lipinski definition) is 7. The molecule has 2 rings (SSSR count). The number of nitrogens with zero attached hydrogens (tertiary/aromatic N) is 1. The summed E-state index contributed by atoms with van der Waals surface area (Å²) in [5.41, 5.74) is 0.387. The lowest BCUT2D eigenvalue weighted by Crippen LogP contribution is -2.10. The van der Waals surface area contributed by atoms with Crippen LogP contribution in [0, 0.1) is 10.1 Å². The van der Waals surface area contributed by atoms with E-state index in [2.05, 4.69) is 20.7 Å². The number of nitro groups is 1. The second-order valence-electron chi connectivity index (χ2n) is 5.08. The van der Waals surface area contributed by atoms with Crippen molar-refractivity contribution in [1.82, 2.24) is 0 Å².